The molecule has 2 aliphatic heterocycles. The third-order valence-corrected chi connectivity index (χ3v) is 7.96. The fourth-order valence-electron chi connectivity index (χ4n) is 5.71. The number of hydrogen-bond acceptors (Lipinski definition) is 6. The van der Waals surface area contributed by atoms with E-state index < -0.39 is 37.1 Å². The number of ether oxygens (including phenoxy) is 1. The molecular weight excluding hydrogens is 520 g/mol. The minimum absolute atomic E-state index is 0.0406. The van der Waals surface area contributed by atoms with Crippen LogP contribution in [0.1, 0.15) is 35.6 Å². The van der Waals surface area contributed by atoms with Crippen LogP contribution >= 0.6 is 0 Å². The number of nitrogens with zero attached hydrogens (tertiary/aromatic N) is 1. The molecule has 5 rings (SSSR count). The predicted molar refractivity (Wildman–Crippen MR) is 143 cm³/mol. The fraction of sp³-hybridized carbons (Fsp3) is 0.387. The fourth-order valence-corrected chi connectivity index (χ4v) is 5.71. The van der Waals surface area contributed by atoms with Gasteiger partial charge < -0.3 is 30.1 Å². The van der Waals surface area contributed by atoms with Gasteiger partial charge in [-0.25, -0.2) is 8.78 Å². The van der Waals surface area contributed by atoms with Gasteiger partial charge in [0.15, 0.2) is 0 Å². The van der Waals surface area contributed by atoms with Crippen LogP contribution in [0.2, 0.25) is 0 Å². The second-order valence-corrected chi connectivity index (χ2v) is 10.6. The first-order valence-electron chi connectivity index (χ1n) is 13.5. The van der Waals surface area contributed by atoms with Crippen molar-refractivity contribution in [2.45, 2.75) is 62.2 Å². The van der Waals surface area contributed by atoms with Gasteiger partial charge in [0.05, 0.1) is 24.7 Å². The van der Waals surface area contributed by atoms with Crippen LogP contribution in [0.15, 0.2) is 72.8 Å². The summed E-state index contributed by atoms with van der Waals surface area (Å²) in [7, 11) is 0. The molecule has 2 fully saturated rings. The molecule has 0 bridgehead atoms. The highest BCUT2D eigenvalue weighted by molar-refractivity contribution is 6.03. The summed E-state index contributed by atoms with van der Waals surface area (Å²) in [5.74, 6) is -0.993. The Balaban J connectivity index is 1.31. The number of aliphatic hydroxyl groups excluding tert-OH is 4. The molecule has 1 amide bonds. The first kappa shape index (κ1) is 28.3. The highest BCUT2D eigenvalue weighted by Gasteiger charge is 2.48. The Labute approximate surface area is 231 Å². The summed E-state index contributed by atoms with van der Waals surface area (Å²) in [4.78, 5) is 14.9. The number of carbonyl (C=O) groups is 1. The maximum atomic E-state index is 13.6. The van der Waals surface area contributed by atoms with Crippen LogP contribution in [0.25, 0.3) is 0 Å². The summed E-state index contributed by atoms with van der Waals surface area (Å²) in [6, 6.07) is 19.4. The minimum atomic E-state index is -1.43. The van der Waals surface area contributed by atoms with Gasteiger partial charge in [-0.2, -0.15) is 0 Å². The van der Waals surface area contributed by atoms with Gasteiger partial charge in [-0.15, -0.1) is 0 Å². The summed E-state index contributed by atoms with van der Waals surface area (Å²) < 4.78 is 32.5. The molecule has 3 aromatic rings. The van der Waals surface area contributed by atoms with Crippen molar-refractivity contribution in [1.29, 1.82) is 0 Å². The number of hydrogen-bond donors (Lipinski definition) is 4. The molecule has 0 aliphatic carbocycles. The number of aliphatic hydroxyl groups is 4. The molecule has 4 N–H and O–H groups in total. The van der Waals surface area contributed by atoms with E-state index in [4.69, 9.17) is 4.74 Å². The molecule has 7 nitrogen and oxygen atoms in total. The number of anilines is 1. The summed E-state index contributed by atoms with van der Waals surface area (Å²) in [5, 5.41) is 40.0. The average Bonchev–Trinajstić information content (AvgIpc) is 2.96. The Morgan fingerprint density at radius 2 is 1.32 bits per heavy atom. The number of aryl methyl sites for hydroxylation is 1. The Kier molecular flexibility index (Phi) is 8.58. The van der Waals surface area contributed by atoms with Crippen molar-refractivity contribution in [3.63, 3.8) is 0 Å². The van der Waals surface area contributed by atoms with Gasteiger partial charge in [0.25, 0.3) is 0 Å². The third-order valence-electron chi connectivity index (χ3n) is 7.96. The van der Waals surface area contributed by atoms with Crippen molar-refractivity contribution in [2.24, 2.45) is 5.92 Å². The summed E-state index contributed by atoms with van der Waals surface area (Å²) in [5.41, 5.74) is 3.31. The van der Waals surface area contributed by atoms with E-state index in [1.54, 1.807) is 29.2 Å². The van der Waals surface area contributed by atoms with E-state index in [2.05, 4.69) is 0 Å². The molecule has 7 atom stereocenters. The lowest BCUT2D eigenvalue weighted by atomic mass is 9.78. The Hall–Kier alpha value is -3.21. The van der Waals surface area contributed by atoms with Crippen LogP contribution in [0.3, 0.4) is 0 Å². The van der Waals surface area contributed by atoms with Crippen LogP contribution < -0.4 is 4.90 Å². The van der Waals surface area contributed by atoms with E-state index in [1.807, 2.05) is 24.3 Å². The largest absolute Gasteiger partial charge is 0.394 e. The highest BCUT2D eigenvalue weighted by atomic mass is 19.1. The minimum Gasteiger partial charge on any atom is -0.394 e. The SMILES string of the molecule is O=C1[C@H](CCCc2ccc(F)cc2)[C@@H](c2ccc(C[C@H]3O[C@H](CO)[C@@H](O)[C@H](O)[C@H]3O)cc2)N1c1ccc(F)cc1. The van der Waals surface area contributed by atoms with E-state index in [-0.39, 0.29) is 35.9 Å². The number of halogens is 2. The molecule has 0 aromatic heterocycles. The van der Waals surface area contributed by atoms with Crippen molar-refractivity contribution >= 4 is 11.6 Å². The van der Waals surface area contributed by atoms with E-state index in [1.165, 1.54) is 24.3 Å². The van der Waals surface area contributed by atoms with E-state index in [0.717, 1.165) is 23.1 Å². The zero-order valence-electron chi connectivity index (χ0n) is 21.8. The second-order valence-electron chi connectivity index (χ2n) is 10.6. The number of rotatable bonds is 9. The van der Waals surface area contributed by atoms with E-state index in [9.17, 15) is 34.0 Å². The van der Waals surface area contributed by atoms with Gasteiger partial charge in [-0.1, -0.05) is 36.4 Å². The summed E-state index contributed by atoms with van der Waals surface area (Å²) in [6.07, 6.45) is -3.62. The molecular formula is C31H33F2NO6. The van der Waals surface area contributed by atoms with Crippen molar-refractivity contribution in [1.82, 2.24) is 0 Å². The molecule has 0 radical (unpaired) electrons. The molecule has 0 spiro atoms. The molecule has 212 valence electrons. The standard InChI is InChI=1S/C31H33F2NO6/c32-21-10-6-18(7-11-21)2-1-3-24-27(34(31(24)39)23-14-12-22(33)13-15-23)20-8-4-19(5-9-20)16-25-28(36)30(38)29(37)26(17-35)40-25/h4-15,24-30,35-38H,1-3,16-17H2/t24-,25-,26-,27-,28+,29-,30-/m1/s1. The van der Waals surface area contributed by atoms with Crippen molar-refractivity contribution in [3.8, 4) is 0 Å². The lowest BCUT2D eigenvalue weighted by Crippen LogP contribution is -2.59. The number of amides is 1. The van der Waals surface area contributed by atoms with Gasteiger partial charge in [0.1, 0.15) is 36.1 Å². The van der Waals surface area contributed by atoms with Crippen molar-refractivity contribution < 1.29 is 38.7 Å². The van der Waals surface area contributed by atoms with E-state index >= 15 is 0 Å². The van der Waals surface area contributed by atoms with Crippen molar-refractivity contribution in [3.05, 3.63) is 101 Å². The smallest absolute Gasteiger partial charge is 0.233 e. The molecule has 2 saturated heterocycles. The average molecular weight is 554 g/mol. The lowest BCUT2D eigenvalue weighted by molar-refractivity contribution is -0.228. The maximum Gasteiger partial charge on any atom is 0.233 e. The molecule has 40 heavy (non-hydrogen) atoms. The third kappa shape index (κ3) is 5.80. The Bertz CT molecular complexity index is 1280. The first-order chi connectivity index (χ1) is 19.3. The van der Waals surface area contributed by atoms with Gasteiger partial charge in [0.2, 0.25) is 5.91 Å². The molecule has 2 heterocycles. The van der Waals surface area contributed by atoms with Gasteiger partial charge in [-0.3, -0.25) is 4.79 Å². The normalized spacial score (nSPS) is 28.4. The molecule has 9 heteroatoms. The Morgan fingerprint density at radius 1 is 0.750 bits per heavy atom. The zero-order chi connectivity index (χ0) is 28.4. The summed E-state index contributed by atoms with van der Waals surface area (Å²) >= 11 is 0. The highest BCUT2D eigenvalue weighted by Crippen LogP contribution is 2.45. The predicted octanol–water partition coefficient (Wildman–Crippen LogP) is 3.08. The van der Waals surface area contributed by atoms with Crippen molar-refractivity contribution in [2.75, 3.05) is 11.5 Å². The van der Waals surface area contributed by atoms with Gasteiger partial charge >= 0.3 is 0 Å². The van der Waals surface area contributed by atoms with Gasteiger partial charge in [0, 0.05) is 12.1 Å². The van der Waals surface area contributed by atoms with Crippen LogP contribution in [-0.2, 0) is 22.4 Å². The molecule has 2 aliphatic rings. The van der Waals surface area contributed by atoms with Crippen LogP contribution in [0.4, 0.5) is 14.5 Å². The van der Waals surface area contributed by atoms with Crippen LogP contribution in [0, 0.1) is 17.6 Å². The topological polar surface area (TPSA) is 110 Å². The van der Waals surface area contributed by atoms with Gasteiger partial charge in [-0.05, 0) is 72.4 Å². The monoisotopic (exact) mass is 553 g/mol. The van der Waals surface area contributed by atoms with Crippen LogP contribution in [0.5, 0.6) is 0 Å². The first-order valence-corrected chi connectivity index (χ1v) is 13.5. The molecule has 3 aromatic carbocycles. The number of β-lactam (4-membered cyclic amide) rings is 1. The summed E-state index contributed by atoms with van der Waals surface area (Å²) in [6.45, 7) is -0.488. The zero-order valence-corrected chi connectivity index (χ0v) is 21.8. The second kappa shape index (κ2) is 12.1. The maximum absolute atomic E-state index is 13.6. The lowest BCUT2D eigenvalue weighted by Gasteiger charge is -2.48. The molecule has 0 unspecified atom stereocenters. The van der Waals surface area contributed by atoms with E-state index in [0.29, 0.717) is 18.5 Å². The number of carbonyl (C=O) groups excluding carboxylic acids is 1. The quantitative estimate of drug-likeness (QED) is 0.303. The van der Waals surface area contributed by atoms with Crippen LogP contribution in [-0.4, -0.2) is 63.5 Å². The number of benzene rings is 3. The molecule has 0 saturated carbocycles. The Morgan fingerprint density at radius 3 is 1.95 bits per heavy atom.